The predicted octanol–water partition coefficient (Wildman–Crippen LogP) is 4.57. The molecule has 0 radical (unpaired) electrons. The van der Waals surface area contributed by atoms with E-state index in [1.807, 2.05) is 29.2 Å². The number of likely N-dealkylation sites (tertiary alicyclic amines) is 1. The van der Waals surface area contributed by atoms with Gasteiger partial charge in [-0.25, -0.2) is 0 Å². The van der Waals surface area contributed by atoms with Crippen molar-refractivity contribution in [3.8, 4) is 0 Å². The molecular formula is C24H25BrN2O4. The molecule has 3 aromatic rings. The molecule has 31 heavy (non-hydrogen) atoms. The molecule has 0 aliphatic carbocycles. The van der Waals surface area contributed by atoms with Crippen LogP contribution < -0.4 is 0 Å². The molecule has 2 N–H and O–H groups in total. The standard InChI is InChI=1S/C24H25BrN2O4/c25-18-6-7-19-20(14-27(15-22(28)29)21(19)13-18)23(24(30)31)26-10-8-17(9-11-26)12-16-4-2-1-3-5-16/h1-7,13-14,17,23H,8-12,15H2,(H,28,29)(H,30,31)/t23-/m0/s1. The number of hydrogen-bond donors (Lipinski definition) is 2. The van der Waals surface area contributed by atoms with Gasteiger partial charge in [-0.1, -0.05) is 52.3 Å². The minimum absolute atomic E-state index is 0.210. The molecule has 162 valence electrons. The fourth-order valence-electron chi connectivity index (χ4n) is 4.64. The van der Waals surface area contributed by atoms with E-state index in [0.29, 0.717) is 24.6 Å². The quantitative estimate of drug-likeness (QED) is 0.513. The summed E-state index contributed by atoms with van der Waals surface area (Å²) in [5.41, 5.74) is 2.69. The Morgan fingerprint density at radius 2 is 1.77 bits per heavy atom. The number of nitrogens with zero attached hydrogens (tertiary/aromatic N) is 2. The third kappa shape index (κ3) is 4.83. The van der Waals surface area contributed by atoms with Crippen molar-refractivity contribution < 1.29 is 19.8 Å². The zero-order valence-electron chi connectivity index (χ0n) is 17.1. The van der Waals surface area contributed by atoms with Crippen molar-refractivity contribution in [2.24, 2.45) is 5.92 Å². The zero-order chi connectivity index (χ0) is 22.0. The Morgan fingerprint density at radius 1 is 1.06 bits per heavy atom. The van der Waals surface area contributed by atoms with Crippen molar-refractivity contribution in [3.63, 3.8) is 0 Å². The summed E-state index contributed by atoms with van der Waals surface area (Å²) in [6, 6.07) is 15.2. The van der Waals surface area contributed by atoms with Crippen molar-refractivity contribution >= 4 is 38.8 Å². The van der Waals surface area contributed by atoms with Gasteiger partial charge in [0.1, 0.15) is 12.6 Å². The van der Waals surface area contributed by atoms with Gasteiger partial charge in [-0.15, -0.1) is 0 Å². The van der Waals surface area contributed by atoms with Crippen molar-refractivity contribution in [3.05, 3.63) is 70.3 Å². The molecule has 1 aliphatic rings. The van der Waals surface area contributed by atoms with Crippen LogP contribution in [-0.2, 0) is 22.6 Å². The van der Waals surface area contributed by atoms with Gasteiger partial charge >= 0.3 is 11.9 Å². The number of carboxylic acid groups (broad SMARTS) is 2. The Balaban J connectivity index is 1.58. The molecule has 2 heterocycles. The summed E-state index contributed by atoms with van der Waals surface area (Å²) in [6.45, 7) is 1.20. The highest BCUT2D eigenvalue weighted by atomic mass is 79.9. The Hall–Kier alpha value is -2.64. The second-order valence-corrected chi connectivity index (χ2v) is 9.09. The number of aliphatic carboxylic acids is 2. The molecule has 1 atom stereocenters. The van der Waals surface area contributed by atoms with Gasteiger partial charge in [0.05, 0.1) is 5.52 Å². The summed E-state index contributed by atoms with van der Waals surface area (Å²) in [5.74, 6) is -1.33. The van der Waals surface area contributed by atoms with Gasteiger partial charge in [-0.3, -0.25) is 14.5 Å². The molecule has 0 saturated carbocycles. The van der Waals surface area contributed by atoms with E-state index in [1.165, 1.54) is 5.56 Å². The van der Waals surface area contributed by atoms with Gasteiger partial charge in [-0.05, 0) is 56.0 Å². The van der Waals surface area contributed by atoms with Crippen molar-refractivity contribution in [2.45, 2.75) is 31.8 Å². The van der Waals surface area contributed by atoms with Crippen LogP contribution in [0.25, 0.3) is 10.9 Å². The molecule has 0 spiro atoms. The molecule has 6 nitrogen and oxygen atoms in total. The van der Waals surface area contributed by atoms with Gasteiger partial charge in [-0.2, -0.15) is 0 Å². The summed E-state index contributed by atoms with van der Waals surface area (Å²) in [7, 11) is 0. The van der Waals surface area contributed by atoms with E-state index in [9.17, 15) is 19.8 Å². The van der Waals surface area contributed by atoms with Crippen LogP contribution in [0, 0.1) is 5.92 Å². The molecule has 1 fully saturated rings. The second-order valence-electron chi connectivity index (χ2n) is 8.18. The number of rotatable bonds is 7. The maximum Gasteiger partial charge on any atom is 0.325 e. The number of fused-ring (bicyclic) bond motifs is 1. The average Bonchev–Trinajstić information content (AvgIpc) is 3.06. The second kappa shape index (κ2) is 9.24. The van der Waals surface area contributed by atoms with Crippen molar-refractivity contribution in [1.29, 1.82) is 0 Å². The normalized spacial score (nSPS) is 16.4. The summed E-state index contributed by atoms with van der Waals surface area (Å²) < 4.78 is 2.44. The highest BCUT2D eigenvalue weighted by molar-refractivity contribution is 9.10. The molecule has 2 aromatic carbocycles. The highest BCUT2D eigenvalue weighted by Crippen LogP contribution is 2.35. The van der Waals surface area contributed by atoms with Gasteiger partial charge in [0.2, 0.25) is 0 Å². The lowest BCUT2D eigenvalue weighted by atomic mass is 9.89. The Bertz CT molecular complexity index is 1090. The van der Waals surface area contributed by atoms with Crippen LogP contribution in [0.1, 0.15) is 30.0 Å². The number of hydrogen-bond acceptors (Lipinski definition) is 3. The predicted molar refractivity (Wildman–Crippen MR) is 122 cm³/mol. The van der Waals surface area contributed by atoms with E-state index in [2.05, 4.69) is 40.2 Å². The first kappa shape index (κ1) is 21.6. The number of benzene rings is 2. The fourth-order valence-corrected chi connectivity index (χ4v) is 4.99. The smallest absolute Gasteiger partial charge is 0.325 e. The number of carboxylic acids is 2. The van der Waals surface area contributed by atoms with E-state index >= 15 is 0 Å². The maximum atomic E-state index is 12.3. The van der Waals surface area contributed by atoms with Crippen LogP contribution in [-0.4, -0.2) is 44.7 Å². The van der Waals surface area contributed by atoms with Gasteiger partial charge in [0.15, 0.2) is 0 Å². The van der Waals surface area contributed by atoms with Crippen LogP contribution >= 0.6 is 15.9 Å². The zero-order valence-corrected chi connectivity index (χ0v) is 18.7. The average molecular weight is 485 g/mol. The summed E-state index contributed by atoms with van der Waals surface area (Å²) >= 11 is 3.43. The fraction of sp³-hybridized carbons (Fsp3) is 0.333. The summed E-state index contributed by atoms with van der Waals surface area (Å²) in [6.07, 6.45) is 4.59. The van der Waals surface area contributed by atoms with Crippen LogP contribution in [0.4, 0.5) is 0 Å². The first-order valence-corrected chi connectivity index (χ1v) is 11.2. The molecular weight excluding hydrogens is 460 g/mol. The Labute approximate surface area is 189 Å². The maximum absolute atomic E-state index is 12.3. The Morgan fingerprint density at radius 3 is 2.42 bits per heavy atom. The monoisotopic (exact) mass is 484 g/mol. The first-order chi connectivity index (χ1) is 14.9. The minimum Gasteiger partial charge on any atom is -0.480 e. The van der Waals surface area contributed by atoms with E-state index in [0.717, 1.165) is 34.6 Å². The topological polar surface area (TPSA) is 82.8 Å². The number of halogens is 1. The highest BCUT2D eigenvalue weighted by Gasteiger charge is 2.33. The lowest BCUT2D eigenvalue weighted by molar-refractivity contribution is -0.144. The lowest BCUT2D eigenvalue weighted by Crippen LogP contribution is -2.40. The summed E-state index contributed by atoms with van der Waals surface area (Å²) in [5, 5.41) is 20.2. The van der Waals surface area contributed by atoms with Crippen molar-refractivity contribution in [2.75, 3.05) is 13.1 Å². The molecule has 1 aliphatic heterocycles. The third-order valence-electron chi connectivity index (χ3n) is 6.09. The molecule has 7 heteroatoms. The largest absolute Gasteiger partial charge is 0.480 e. The van der Waals surface area contributed by atoms with Crippen molar-refractivity contribution in [1.82, 2.24) is 9.47 Å². The van der Waals surface area contributed by atoms with E-state index < -0.39 is 18.0 Å². The van der Waals surface area contributed by atoms with Crippen LogP contribution in [0.5, 0.6) is 0 Å². The van der Waals surface area contributed by atoms with Crippen LogP contribution in [0.2, 0.25) is 0 Å². The minimum atomic E-state index is -0.961. The number of aromatic nitrogens is 1. The Kier molecular flexibility index (Phi) is 6.43. The molecule has 0 bridgehead atoms. The molecule has 1 aromatic heterocycles. The van der Waals surface area contributed by atoms with E-state index in [4.69, 9.17) is 0 Å². The van der Waals surface area contributed by atoms with Gasteiger partial charge < -0.3 is 14.8 Å². The molecule has 4 rings (SSSR count). The van der Waals surface area contributed by atoms with Crippen LogP contribution in [0.3, 0.4) is 0 Å². The molecule has 0 unspecified atom stereocenters. The number of piperidine rings is 1. The van der Waals surface area contributed by atoms with E-state index in [1.54, 1.807) is 10.8 Å². The van der Waals surface area contributed by atoms with Crippen LogP contribution in [0.15, 0.2) is 59.2 Å². The third-order valence-corrected chi connectivity index (χ3v) is 6.58. The summed E-state index contributed by atoms with van der Waals surface area (Å²) in [4.78, 5) is 25.7. The van der Waals surface area contributed by atoms with Gasteiger partial charge in [0, 0.05) is 21.6 Å². The lowest BCUT2D eigenvalue weighted by Gasteiger charge is -2.35. The SMILES string of the molecule is O=C(O)Cn1cc([C@@H](C(=O)O)N2CCC(Cc3ccccc3)CC2)c2ccc(Br)cc21. The van der Waals surface area contributed by atoms with E-state index in [-0.39, 0.29) is 6.54 Å². The molecule has 1 saturated heterocycles. The number of carbonyl (C=O) groups is 2. The van der Waals surface area contributed by atoms with Gasteiger partial charge in [0.25, 0.3) is 0 Å². The molecule has 0 amide bonds. The first-order valence-electron chi connectivity index (χ1n) is 10.4.